The molecule has 0 aliphatic carbocycles. The van der Waals surface area contributed by atoms with Crippen molar-refractivity contribution in [2.24, 2.45) is 0 Å². The third-order valence-electron chi connectivity index (χ3n) is 4.59. The SMILES string of the molecule is Cc1cc(-c2noc(-c3cnc4c(c3)C[C@@H](O)C(C)(C)O4)n2)ccc1Cl. The van der Waals surface area contributed by atoms with Crippen molar-refractivity contribution in [3.63, 3.8) is 0 Å². The van der Waals surface area contributed by atoms with Gasteiger partial charge in [0.2, 0.25) is 11.7 Å². The molecule has 6 nitrogen and oxygen atoms in total. The Morgan fingerprint density at radius 2 is 2.04 bits per heavy atom. The van der Waals surface area contributed by atoms with E-state index in [1.54, 1.807) is 6.20 Å². The molecule has 26 heavy (non-hydrogen) atoms. The minimum atomic E-state index is -0.661. The van der Waals surface area contributed by atoms with Crippen molar-refractivity contribution < 1.29 is 14.4 Å². The summed E-state index contributed by atoms with van der Waals surface area (Å²) >= 11 is 6.06. The van der Waals surface area contributed by atoms with Crippen molar-refractivity contribution in [3.05, 3.63) is 46.6 Å². The van der Waals surface area contributed by atoms with E-state index in [1.807, 2.05) is 45.0 Å². The lowest BCUT2D eigenvalue weighted by molar-refractivity contribution is -0.0442. The number of aromatic nitrogens is 3. The second-order valence-corrected chi connectivity index (χ2v) is 7.41. The van der Waals surface area contributed by atoms with E-state index in [2.05, 4.69) is 15.1 Å². The molecule has 0 amide bonds. The quantitative estimate of drug-likeness (QED) is 0.737. The van der Waals surface area contributed by atoms with Gasteiger partial charge in [-0.25, -0.2) is 4.98 Å². The summed E-state index contributed by atoms with van der Waals surface area (Å²) in [6, 6.07) is 7.43. The highest BCUT2D eigenvalue weighted by molar-refractivity contribution is 6.31. The van der Waals surface area contributed by atoms with Crippen LogP contribution in [-0.2, 0) is 6.42 Å². The molecule has 1 aliphatic heterocycles. The Kier molecular flexibility index (Phi) is 3.97. The topological polar surface area (TPSA) is 81.3 Å². The van der Waals surface area contributed by atoms with E-state index in [9.17, 15) is 5.11 Å². The standard InChI is InChI=1S/C19H18ClN3O3/c1-10-6-11(4-5-14(10)20)16-22-18(26-23-16)13-7-12-8-15(24)19(2,3)25-17(12)21-9-13/h4-7,9,15,24H,8H2,1-3H3/t15-/m1/s1. The molecule has 0 radical (unpaired) electrons. The van der Waals surface area contributed by atoms with Gasteiger partial charge in [0.25, 0.3) is 5.89 Å². The molecule has 1 aliphatic rings. The number of halogens is 1. The van der Waals surface area contributed by atoms with Crippen molar-refractivity contribution >= 4 is 11.6 Å². The molecule has 1 atom stereocenters. The van der Waals surface area contributed by atoms with Crippen LogP contribution in [0, 0.1) is 6.92 Å². The number of pyridine rings is 1. The van der Waals surface area contributed by atoms with Gasteiger partial charge in [0.05, 0.1) is 11.7 Å². The van der Waals surface area contributed by atoms with Crippen LogP contribution in [0.2, 0.25) is 5.02 Å². The zero-order valence-corrected chi connectivity index (χ0v) is 15.4. The molecule has 134 valence electrons. The third-order valence-corrected chi connectivity index (χ3v) is 5.01. The van der Waals surface area contributed by atoms with Crippen molar-refractivity contribution in [2.45, 2.75) is 38.9 Å². The molecule has 0 fully saturated rings. The Morgan fingerprint density at radius 3 is 2.81 bits per heavy atom. The fourth-order valence-electron chi connectivity index (χ4n) is 2.87. The van der Waals surface area contributed by atoms with E-state index in [0.29, 0.717) is 34.6 Å². The van der Waals surface area contributed by atoms with Gasteiger partial charge in [0, 0.05) is 28.8 Å². The first-order valence-electron chi connectivity index (χ1n) is 8.30. The highest BCUT2D eigenvalue weighted by Gasteiger charge is 2.36. The van der Waals surface area contributed by atoms with Crippen LogP contribution < -0.4 is 4.74 Å². The first-order valence-corrected chi connectivity index (χ1v) is 8.68. The molecule has 0 saturated heterocycles. The number of ether oxygens (including phenoxy) is 1. The number of nitrogens with zero attached hydrogens (tertiary/aromatic N) is 3. The predicted molar refractivity (Wildman–Crippen MR) is 97.1 cm³/mol. The third kappa shape index (κ3) is 2.95. The smallest absolute Gasteiger partial charge is 0.259 e. The lowest BCUT2D eigenvalue weighted by atomic mass is 9.92. The number of benzene rings is 1. The van der Waals surface area contributed by atoms with E-state index in [-0.39, 0.29) is 0 Å². The van der Waals surface area contributed by atoms with Crippen LogP contribution in [-0.4, -0.2) is 31.9 Å². The largest absolute Gasteiger partial charge is 0.469 e. The number of fused-ring (bicyclic) bond motifs is 1. The Morgan fingerprint density at radius 1 is 1.23 bits per heavy atom. The Balaban J connectivity index is 1.66. The zero-order valence-electron chi connectivity index (χ0n) is 14.7. The molecule has 0 bridgehead atoms. The Hall–Kier alpha value is -2.44. The van der Waals surface area contributed by atoms with Crippen LogP contribution in [0.3, 0.4) is 0 Å². The van der Waals surface area contributed by atoms with E-state index in [1.165, 1.54) is 0 Å². The first-order chi connectivity index (χ1) is 12.3. The van der Waals surface area contributed by atoms with Gasteiger partial charge in [-0.2, -0.15) is 4.98 Å². The van der Waals surface area contributed by atoms with E-state index in [4.69, 9.17) is 20.9 Å². The summed E-state index contributed by atoms with van der Waals surface area (Å²) in [5, 5.41) is 15.0. The summed E-state index contributed by atoms with van der Waals surface area (Å²) in [4.78, 5) is 8.81. The minimum Gasteiger partial charge on any atom is -0.469 e. The van der Waals surface area contributed by atoms with E-state index < -0.39 is 11.7 Å². The molecule has 7 heteroatoms. The summed E-state index contributed by atoms with van der Waals surface area (Å²) in [7, 11) is 0. The number of hydrogen-bond acceptors (Lipinski definition) is 6. The Bertz CT molecular complexity index is 984. The maximum atomic E-state index is 10.2. The molecule has 3 heterocycles. The van der Waals surface area contributed by atoms with E-state index in [0.717, 1.165) is 16.7 Å². The number of aliphatic hydroxyl groups excluding tert-OH is 1. The summed E-state index contributed by atoms with van der Waals surface area (Å²) < 4.78 is 11.2. The lowest BCUT2D eigenvalue weighted by Crippen LogP contribution is -2.46. The molecule has 0 saturated carbocycles. The van der Waals surface area contributed by atoms with Crippen molar-refractivity contribution in [1.29, 1.82) is 0 Å². The second-order valence-electron chi connectivity index (χ2n) is 7.00. The van der Waals surface area contributed by atoms with E-state index >= 15 is 0 Å². The molecule has 3 aromatic rings. The molecule has 0 spiro atoms. The van der Waals surface area contributed by atoms with Crippen LogP contribution in [0.25, 0.3) is 22.8 Å². The van der Waals surface area contributed by atoms with Gasteiger partial charge in [-0.3, -0.25) is 0 Å². The second kappa shape index (κ2) is 6.07. The van der Waals surface area contributed by atoms with Gasteiger partial charge >= 0.3 is 0 Å². The predicted octanol–water partition coefficient (Wildman–Crippen LogP) is 3.83. The molecule has 4 rings (SSSR count). The van der Waals surface area contributed by atoms with Crippen LogP contribution in [0.15, 0.2) is 35.0 Å². The van der Waals surface area contributed by atoms with Crippen LogP contribution >= 0.6 is 11.6 Å². The maximum Gasteiger partial charge on any atom is 0.259 e. The summed E-state index contributed by atoms with van der Waals surface area (Å²) in [6.07, 6.45) is 1.49. The van der Waals surface area contributed by atoms with Crippen LogP contribution in [0.4, 0.5) is 0 Å². The van der Waals surface area contributed by atoms with Gasteiger partial charge in [0.1, 0.15) is 5.60 Å². The fraction of sp³-hybridized carbons (Fsp3) is 0.316. The van der Waals surface area contributed by atoms with Gasteiger partial charge < -0.3 is 14.4 Å². The summed E-state index contributed by atoms with van der Waals surface area (Å²) in [6.45, 7) is 5.61. The minimum absolute atomic E-state index is 0.363. The van der Waals surface area contributed by atoms with Crippen molar-refractivity contribution in [1.82, 2.24) is 15.1 Å². The Labute approximate surface area is 155 Å². The molecule has 0 unspecified atom stereocenters. The normalized spacial score (nSPS) is 18.3. The number of aryl methyl sites for hydroxylation is 1. The first kappa shape index (κ1) is 17.0. The molecular formula is C19H18ClN3O3. The summed E-state index contributed by atoms with van der Waals surface area (Å²) in [5.41, 5.74) is 2.61. The summed E-state index contributed by atoms with van der Waals surface area (Å²) in [5.74, 6) is 1.37. The zero-order chi connectivity index (χ0) is 18.5. The molecular weight excluding hydrogens is 354 g/mol. The van der Waals surface area contributed by atoms with Crippen molar-refractivity contribution in [3.8, 4) is 28.7 Å². The highest BCUT2D eigenvalue weighted by Crippen LogP contribution is 2.34. The molecule has 1 N–H and O–H groups in total. The van der Waals surface area contributed by atoms with Gasteiger partial charge in [-0.1, -0.05) is 16.8 Å². The highest BCUT2D eigenvalue weighted by atomic mass is 35.5. The number of rotatable bonds is 2. The number of hydrogen-bond donors (Lipinski definition) is 1. The van der Waals surface area contributed by atoms with Crippen molar-refractivity contribution in [2.75, 3.05) is 0 Å². The molecule has 2 aromatic heterocycles. The van der Waals surface area contributed by atoms with Gasteiger partial charge in [-0.15, -0.1) is 0 Å². The maximum absolute atomic E-state index is 10.2. The van der Waals surface area contributed by atoms with Crippen LogP contribution in [0.1, 0.15) is 25.0 Å². The average molecular weight is 372 g/mol. The van der Waals surface area contributed by atoms with Gasteiger partial charge in [0.15, 0.2) is 0 Å². The molecule has 1 aromatic carbocycles. The fourth-order valence-corrected chi connectivity index (χ4v) is 2.98. The lowest BCUT2D eigenvalue weighted by Gasteiger charge is -2.36. The van der Waals surface area contributed by atoms with Gasteiger partial charge in [-0.05, 0) is 50.6 Å². The average Bonchev–Trinajstić information content (AvgIpc) is 3.08. The van der Waals surface area contributed by atoms with Crippen LogP contribution in [0.5, 0.6) is 5.88 Å². The number of aliphatic hydroxyl groups is 1. The monoisotopic (exact) mass is 371 g/mol.